The van der Waals surface area contributed by atoms with Gasteiger partial charge in [0, 0.05) is 25.2 Å². The second-order valence-electron chi connectivity index (χ2n) is 6.81. The monoisotopic (exact) mass is 377 g/mol. The third kappa shape index (κ3) is 3.59. The van der Waals surface area contributed by atoms with Crippen LogP contribution in [0.2, 0.25) is 0 Å². The molecule has 2 aromatic heterocycles. The van der Waals surface area contributed by atoms with Gasteiger partial charge in [-0.15, -0.1) is 0 Å². The predicted molar refractivity (Wildman–Crippen MR) is 93.3 cm³/mol. The molecule has 0 bridgehead atoms. The Morgan fingerprint density at radius 2 is 2.15 bits per heavy atom. The summed E-state index contributed by atoms with van der Waals surface area (Å²) in [7, 11) is 0. The second kappa shape index (κ2) is 6.49. The van der Waals surface area contributed by atoms with Crippen LogP contribution >= 0.6 is 0 Å². The van der Waals surface area contributed by atoms with Crippen molar-refractivity contribution in [3.05, 3.63) is 57.7 Å². The maximum absolute atomic E-state index is 12.9. The van der Waals surface area contributed by atoms with Gasteiger partial charge in [0.1, 0.15) is 11.6 Å². The fraction of sp³-hybridized carbons (Fsp3) is 0.389. The average Bonchev–Trinajstić information content (AvgIpc) is 2.98. The van der Waals surface area contributed by atoms with E-state index < -0.39 is 17.3 Å². The standard InChI is InChI=1S/C18H18F3N5O/c1-10-8-26-9-12(3-5-16(26)23-10)22-7-15-24-14-6-11(18(19,20)21)2-4-13(14)17(27)25-15/h2,4,6,8,12,22H,3,5,7,9H2,1H3,(H,24,25,27). The Bertz CT molecular complexity index is 1050. The highest BCUT2D eigenvalue weighted by atomic mass is 19.4. The number of halogens is 3. The van der Waals surface area contributed by atoms with Gasteiger partial charge in [-0.25, -0.2) is 9.97 Å². The lowest BCUT2D eigenvalue weighted by Crippen LogP contribution is -2.37. The SMILES string of the molecule is Cc1cn2c(n1)CCC(NCc1nc3cc(C(F)(F)F)ccc3c(=O)[nH]1)C2. The zero-order chi connectivity index (χ0) is 19.2. The number of nitrogens with zero attached hydrogens (tertiary/aromatic N) is 3. The van der Waals surface area contributed by atoms with Gasteiger partial charge in [-0.1, -0.05) is 0 Å². The van der Waals surface area contributed by atoms with E-state index >= 15 is 0 Å². The molecule has 1 aromatic carbocycles. The molecule has 3 aromatic rings. The molecule has 0 aliphatic carbocycles. The van der Waals surface area contributed by atoms with Gasteiger partial charge < -0.3 is 14.9 Å². The molecule has 1 unspecified atom stereocenters. The molecule has 0 spiro atoms. The molecule has 9 heteroatoms. The highest BCUT2D eigenvalue weighted by molar-refractivity contribution is 5.78. The number of rotatable bonds is 3. The molecule has 1 atom stereocenters. The van der Waals surface area contributed by atoms with Crippen molar-refractivity contribution in [1.82, 2.24) is 24.8 Å². The van der Waals surface area contributed by atoms with Gasteiger partial charge in [-0.3, -0.25) is 4.79 Å². The average molecular weight is 377 g/mol. The van der Waals surface area contributed by atoms with Gasteiger partial charge in [-0.05, 0) is 31.5 Å². The first kappa shape index (κ1) is 17.7. The summed E-state index contributed by atoms with van der Waals surface area (Å²) in [5, 5.41) is 3.46. The number of aromatic nitrogens is 4. The minimum Gasteiger partial charge on any atom is -0.333 e. The lowest BCUT2D eigenvalue weighted by atomic mass is 10.1. The van der Waals surface area contributed by atoms with E-state index in [-0.39, 0.29) is 23.5 Å². The van der Waals surface area contributed by atoms with E-state index in [1.807, 2.05) is 13.1 Å². The number of fused-ring (bicyclic) bond motifs is 2. The lowest BCUT2D eigenvalue weighted by Gasteiger charge is -2.24. The van der Waals surface area contributed by atoms with Crippen molar-refractivity contribution in [2.75, 3.05) is 0 Å². The topological polar surface area (TPSA) is 75.6 Å². The lowest BCUT2D eigenvalue weighted by molar-refractivity contribution is -0.137. The van der Waals surface area contributed by atoms with Crippen LogP contribution in [-0.2, 0) is 25.7 Å². The van der Waals surface area contributed by atoms with E-state index in [2.05, 4.69) is 24.8 Å². The van der Waals surface area contributed by atoms with Gasteiger partial charge in [0.15, 0.2) is 0 Å². The molecule has 2 N–H and O–H groups in total. The van der Waals surface area contributed by atoms with Crippen LogP contribution in [0.15, 0.2) is 29.2 Å². The summed E-state index contributed by atoms with van der Waals surface area (Å²) in [6, 6.07) is 3.14. The van der Waals surface area contributed by atoms with Crippen LogP contribution in [0, 0.1) is 6.92 Å². The molecular formula is C18H18F3N5O. The molecule has 0 radical (unpaired) electrons. The number of nitrogens with one attached hydrogen (secondary N) is 2. The van der Waals surface area contributed by atoms with Gasteiger partial charge >= 0.3 is 6.18 Å². The summed E-state index contributed by atoms with van der Waals surface area (Å²) in [6.45, 7) is 2.98. The third-order valence-corrected chi connectivity index (χ3v) is 4.75. The van der Waals surface area contributed by atoms with Gasteiger partial charge in [0.2, 0.25) is 0 Å². The first-order valence-corrected chi connectivity index (χ1v) is 8.66. The number of benzene rings is 1. The molecule has 4 rings (SSSR count). The van der Waals surface area contributed by atoms with Crippen LogP contribution < -0.4 is 10.9 Å². The van der Waals surface area contributed by atoms with Gasteiger partial charge in [0.25, 0.3) is 5.56 Å². The largest absolute Gasteiger partial charge is 0.416 e. The molecule has 3 heterocycles. The zero-order valence-electron chi connectivity index (χ0n) is 14.6. The number of imidazole rings is 1. The van der Waals surface area contributed by atoms with Crippen molar-refractivity contribution < 1.29 is 13.2 Å². The van der Waals surface area contributed by atoms with E-state index in [1.165, 1.54) is 0 Å². The minimum atomic E-state index is -4.47. The summed E-state index contributed by atoms with van der Waals surface area (Å²) in [5.41, 5.74) is -0.239. The summed E-state index contributed by atoms with van der Waals surface area (Å²) in [6.07, 6.45) is -0.730. The molecule has 1 aliphatic heterocycles. The quantitative estimate of drug-likeness (QED) is 0.736. The van der Waals surface area contributed by atoms with Crippen LogP contribution in [0.25, 0.3) is 10.9 Å². The molecule has 142 valence electrons. The summed E-state index contributed by atoms with van der Waals surface area (Å²) in [5.74, 6) is 1.38. The van der Waals surface area contributed by atoms with Gasteiger partial charge in [0.05, 0.1) is 28.7 Å². The molecule has 0 fully saturated rings. The third-order valence-electron chi connectivity index (χ3n) is 4.75. The summed E-state index contributed by atoms with van der Waals surface area (Å²) < 4.78 is 40.8. The number of aromatic amines is 1. The smallest absolute Gasteiger partial charge is 0.333 e. The van der Waals surface area contributed by atoms with Crippen molar-refractivity contribution in [1.29, 1.82) is 0 Å². The molecule has 6 nitrogen and oxygen atoms in total. The Hall–Kier alpha value is -2.68. The number of H-pyrrole nitrogens is 1. The fourth-order valence-corrected chi connectivity index (χ4v) is 3.44. The minimum absolute atomic E-state index is 0.0431. The van der Waals surface area contributed by atoms with Crippen molar-refractivity contribution in [3.8, 4) is 0 Å². The first-order chi connectivity index (χ1) is 12.8. The fourth-order valence-electron chi connectivity index (χ4n) is 3.44. The van der Waals surface area contributed by atoms with E-state index in [4.69, 9.17) is 0 Å². The van der Waals surface area contributed by atoms with Crippen LogP contribution in [-0.4, -0.2) is 25.6 Å². The van der Waals surface area contributed by atoms with E-state index in [0.717, 1.165) is 49.1 Å². The molecule has 0 saturated carbocycles. The van der Waals surface area contributed by atoms with Crippen molar-refractivity contribution >= 4 is 10.9 Å². The number of hydrogen-bond donors (Lipinski definition) is 2. The Morgan fingerprint density at radius 1 is 1.33 bits per heavy atom. The normalized spacial score (nSPS) is 17.3. The Morgan fingerprint density at radius 3 is 2.93 bits per heavy atom. The van der Waals surface area contributed by atoms with Crippen molar-refractivity contribution in [2.24, 2.45) is 0 Å². The zero-order valence-corrected chi connectivity index (χ0v) is 14.6. The van der Waals surface area contributed by atoms with Crippen LogP contribution in [0.1, 0.15) is 29.3 Å². The van der Waals surface area contributed by atoms with Crippen molar-refractivity contribution in [3.63, 3.8) is 0 Å². The molecular weight excluding hydrogens is 359 g/mol. The van der Waals surface area contributed by atoms with Crippen LogP contribution in [0.5, 0.6) is 0 Å². The highest BCUT2D eigenvalue weighted by Gasteiger charge is 2.30. The van der Waals surface area contributed by atoms with Crippen LogP contribution in [0.3, 0.4) is 0 Å². The highest BCUT2D eigenvalue weighted by Crippen LogP contribution is 2.30. The number of hydrogen-bond acceptors (Lipinski definition) is 4. The van der Waals surface area contributed by atoms with E-state index in [0.29, 0.717) is 5.82 Å². The summed E-state index contributed by atoms with van der Waals surface area (Å²) in [4.78, 5) is 23.5. The molecule has 1 aliphatic rings. The molecule has 0 saturated heterocycles. The van der Waals surface area contributed by atoms with Gasteiger partial charge in [-0.2, -0.15) is 13.2 Å². The second-order valence-corrected chi connectivity index (χ2v) is 6.81. The van der Waals surface area contributed by atoms with E-state index in [9.17, 15) is 18.0 Å². The van der Waals surface area contributed by atoms with Crippen LogP contribution in [0.4, 0.5) is 13.2 Å². The Balaban J connectivity index is 1.53. The Labute approximate surface area is 152 Å². The molecule has 27 heavy (non-hydrogen) atoms. The summed E-state index contributed by atoms with van der Waals surface area (Å²) >= 11 is 0. The Kier molecular flexibility index (Phi) is 4.26. The van der Waals surface area contributed by atoms with Crippen molar-refractivity contribution in [2.45, 2.75) is 45.1 Å². The number of aryl methyl sites for hydroxylation is 2. The maximum Gasteiger partial charge on any atom is 0.416 e. The molecule has 0 amide bonds. The van der Waals surface area contributed by atoms with E-state index in [1.54, 1.807) is 0 Å². The predicted octanol–water partition coefficient (Wildman–Crippen LogP) is 2.55. The maximum atomic E-state index is 12.9. The number of alkyl halides is 3. The first-order valence-electron chi connectivity index (χ1n) is 8.66.